The second-order valence-corrected chi connectivity index (χ2v) is 2.45. The van der Waals surface area contributed by atoms with Gasteiger partial charge in [-0.2, -0.15) is 8.78 Å². The first-order valence-electron chi connectivity index (χ1n) is 3.87. The van der Waals surface area contributed by atoms with Crippen molar-refractivity contribution < 1.29 is 13.5 Å². The maximum Gasteiger partial charge on any atom is 0.345 e. The first-order chi connectivity index (χ1) is 6.07. The Morgan fingerprint density at radius 2 is 2.15 bits per heavy atom. The van der Waals surface area contributed by atoms with Crippen molar-refractivity contribution in [1.82, 2.24) is 0 Å². The molecule has 0 spiro atoms. The minimum absolute atomic E-state index is 0.0765. The predicted octanol–water partition coefficient (Wildman–Crippen LogP) is 1.55. The van der Waals surface area contributed by atoms with Gasteiger partial charge in [0.05, 0.1) is 13.2 Å². The number of ether oxygens (including phenoxy) is 1. The lowest BCUT2D eigenvalue weighted by atomic mass is 10.2. The summed E-state index contributed by atoms with van der Waals surface area (Å²) in [6.45, 7) is 0.990. The van der Waals surface area contributed by atoms with Crippen LogP contribution in [0.3, 0.4) is 0 Å². The summed E-state index contributed by atoms with van der Waals surface area (Å²) in [5.74, 6) is 0. The number of aliphatic imine (C=N–C) groups is 1. The number of allylic oxidation sites excluding steroid dienone is 1. The Morgan fingerprint density at radius 3 is 2.62 bits per heavy atom. The van der Waals surface area contributed by atoms with Crippen LogP contribution in [0.1, 0.15) is 13.8 Å². The van der Waals surface area contributed by atoms with Gasteiger partial charge in [0.25, 0.3) is 0 Å². The highest BCUT2D eigenvalue weighted by Gasteiger charge is 1.99. The number of alkyl halides is 2. The highest BCUT2D eigenvalue weighted by molar-refractivity contribution is 5.97. The Balaban J connectivity index is 3.72. The van der Waals surface area contributed by atoms with Crippen molar-refractivity contribution in [1.29, 1.82) is 0 Å². The minimum atomic E-state index is -2.72. The summed E-state index contributed by atoms with van der Waals surface area (Å²) >= 11 is 0. The lowest BCUT2D eigenvalue weighted by Crippen LogP contribution is -2.06. The van der Waals surface area contributed by atoms with E-state index in [4.69, 9.17) is 5.73 Å². The van der Waals surface area contributed by atoms with Gasteiger partial charge in [-0.05, 0) is 25.6 Å². The van der Waals surface area contributed by atoms with E-state index < -0.39 is 6.61 Å². The number of halogens is 2. The van der Waals surface area contributed by atoms with Crippen LogP contribution in [0, 0.1) is 0 Å². The molecule has 5 heteroatoms. The van der Waals surface area contributed by atoms with Gasteiger partial charge in [-0.3, -0.25) is 4.99 Å². The van der Waals surface area contributed by atoms with Gasteiger partial charge in [-0.25, -0.2) is 0 Å². The van der Waals surface area contributed by atoms with Gasteiger partial charge < -0.3 is 10.5 Å². The third kappa shape index (κ3) is 6.21. The van der Waals surface area contributed by atoms with Gasteiger partial charge in [0.1, 0.15) is 0 Å². The third-order valence-electron chi connectivity index (χ3n) is 1.50. The topological polar surface area (TPSA) is 47.6 Å². The van der Waals surface area contributed by atoms with Gasteiger partial charge in [0.15, 0.2) is 0 Å². The standard InChI is InChI=1S/C8H14F2N2O/c1-6(5-11)7(2)12-3-4-13-8(9)10/h5,8H,3-4,11H2,1-2H3/b6-5-,12-7?. The summed E-state index contributed by atoms with van der Waals surface area (Å²) < 4.78 is 27.0. The average Bonchev–Trinajstić information content (AvgIpc) is 2.10. The molecule has 0 unspecified atom stereocenters. The molecule has 0 aromatic rings. The van der Waals surface area contributed by atoms with Crippen LogP contribution >= 0.6 is 0 Å². The molecule has 0 saturated carbocycles. The van der Waals surface area contributed by atoms with E-state index >= 15 is 0 Å². The van der Waals surface area contributed by atoms with Gasteiger partial charge in [-0.1, -0.05) is 0 Å². The molecule has 0 aliphatic carbocycles. The quantitative estimate of drug-likeness (QED) is 0.530. The van der Waals surface area contributed by atoms with E-state index in [9.17, 15) is 8.78 Å². The van der Waals surface area contributed by atoms with E-state index in [-0.39, 0.29) is 13.2 Å². The van der Waals surface area contributed by atoms with E-state index in [0.29, 0.717) is 0 Å². The normalized spacial score (nSPS) is 13.9. The van der Waals surface area contributed by atoms with Crippen LogP contribution in [0.2, 0.25) is 0 Å². The lowest BCUT2D eigenvalue weighted by molar-refractivity contribution is -0.126. The largest absolute Gasteiger partial charge is 0.404 e. The van der Waals surface area contributed by atoms with Gasteiger partial charge in [0, 0.05) is 5.71 Å². The fourth-order valence-electron chi connectivity index (χ4n) is 0.600. The molecule has 0 rings (SSSR count). The molecule has 0 aliphatic heterocycles. The fourth-order valence-corrected chi connectivity index (χ4v) is 0.600. The molecule has 0 bridgehead atoms. The summed E-state index contributed by atoms with van der Waals surface area (Å²) in [6.07, 6.45) is 1.42. The molecule has 0 saturated heterocycles. The number of rotatable bonds is 5. The minimum Gasteiger partial charge on any atom is -0.404 e. The summed E-state index contributed by atoms with van der Waals surface area (Å²) in [5, 5.41) is 0. The Kier molecular flexibility index (Phi) is 6.05. The zero-order chi connectivity index (χ0) is 10.3. The number of hydrogen-bond acceptors (Lipinski definition) is 3. The second kappa shape index (κ2) is 6.54. The SMILES string of the molecule is CC(=NCCOC(F)F)/C(C)=C\N. The van der Waals surface area contributed by atoms with Crippen LogP contribution in [-0.4, -0.2) is 25.5 Å². The summed E-state index contributed by atoms with van der Waals surface area (Å²) in [6, 6.07) is 0. The Hall–Kier alpha value is -0.970. The van der Waals surface area contributed by atoms with Crippen molar-refractivity contribution >= 4 is 5.71 Å². The summed E-state index contributed by atoms with van der Waals surface area (Å²) in [7, 11) is 0. The van der Waals surface area contributed by atoms with Crippen molar-refractivity contribution in [3.8, 4) is 0 Å². The molecule has 3 nitrogen and oxygen atoms in total. The highest BCUT2D eigenvalue weighted by Crippen LogP contribution is 1.96. The van der Waals surface area contributed by atoms with Crippen molar-refractivity contribution in [2.24, 2.45) is 10.7 Å². The average molecular weight is 192 g/mol. The summed E-state index contributed by atoms with van der Waals surface area (Å²) in [5.41, 5.74) is 6.80. The van der Waals surface area contributed by atoms with Crippen molar-refractivity contribution in [2.45, 2.75) is 20.5 Å². The molecule has 2 N–H and O–H groups in total. The van der Waals surface area contributed by atoms with E-state index in [2.05, 4.69) is 9.73 Å². The zero-order valence-corrected chi connectivity index (χ0v) is 7.76. The molecular weight excluding hydrogens is 178 g/mol. The Bertz CT molecular complexity index is 202. The van der Waals surface area contributed by atoms with Crippen LogP contribution in [0.15, 0.2) is 16.8 Å². The monoisotopic (exact) mass is 192 g/mol. The molecule has 76 valence electrons. The van der Waals surface area contributed by atoms with E-state index in [1.807, 2.05) is 0 Å². The molecule has 0 heterocycles. The molecule has 0 aliphatic rings. The third-order valence-corrected chi connectivity index (χ3v) is 1.50. The van der Waals surface area contributed by atoms with E-state index in [0.717, 1.165) is 11.3 Å². The molecule has 0 amide bonds. The molecule has 0 radical (unpaired) electrons. The van der Waals surface area contributed by atoms with Gasteiger partial charge in [0.2, 0.25) is 0 Å². The van der Waals surface area contributed by atoms with Crippen molar-refractivity contribution in [2.75, 3.05) is 13.2 Å². The molecule has 13 heavy (non-hydrogen) atoms. The molecule has 0 aromatic carbocycles. The van der Waals surface area contributed by atoms with Crippen LogP contribution in [0.25, 0.3) is 0 Å². The van der Waals surface area contributed by atoms with Crippen LogP contribution in [0.4, 0.5) is 8.78 Å². The predicted molar refractivity (Wildman–Crippen MR) is 47.9 cm³/mol. The zero-order valence-electron chi connectivity index (χ0n) is 7.76. The lowest BCUT2D eigenvalue weighted by Gasteiger charge is -2.01. The first kappa shape index (κ1) is 12.0. The van der Waals surface area contributed by atoms with Crippen LogP contribution in [-0.2, 0) is 4.74 Å². The van der Waals surface area contributed by atoms with Crippen LogP contribution in [0.5, 0.6) is 0 Å². The van der Waals surface area contributed by atoms with E-state index in [1.165, 1.54) is 6.20 Å². The fraction of sp³-hybridized carbons (Fsp3) is 0.625. The molecule has 0 fully saturated rings. The highest BCUT2D eigenvalue weighted by atomic mass is 19.3. The molecule has 0 aromatic heterocycles. The van der Waals surface area contributed by atoms with Crippen molar-refractivity contribution in [3.63, 3.8) is 0 Å². The van der Waals surface area contributed by atoms with Crippen LogP contribution < -0.4 is 5.73 Å². The smallest absolute Gasteiger partial charge is 0.345 e. The first-order valence-corrected chi connectivity index (χ1v) is 3.87. The Morgan fingerprint density at radius 1 is 1.54 bits per heavy atom. The summed E-state index contributed by atoms with van der Waals surface area (Å²) in [4.78, 5) is 3.98. The van der Waals surface area contributed by atoms with E-state index in [1.54, 1.807) is 13.8 Å². The number of hydrogen-bond donors (Lipinski definition) is 1. The number of nitrogens with two attached hydrogens (primary N) is 1. The molecular formula is C8H14F2N2O. The Labute approximate surface area is 76.3 Å². The number of nitrogens with zero attached hydrogens (tertiary/aromatic N) is 1. The maximum atomic E-state index is 11.5. The second-order valence-electron chi connectivity index (χ2n) is 2.45. The molecule has 0 atom stereocenters. The van der Waals surface area contributed by atoms with Crippen molar-refractivity contribution in [3.05, 3.63) is 11.8 Å². The maximum absolute atomic E-state index is 11.5. The van der Waals surface area contributed by atoms with Gasteiger partial charge in [-0.15, -0.1) is 0 Å². The van der Waals surface area contributed by atoms with Gasteiger partial charge >= 0.3 is 6.61 Å².